The zero-order valence-corrected chi connectivity index (χ0v) is 10.7. The van der Waals surface area contributed by atoms with Crippen LogP contribution in [-0.4, -0.2) is 6.61 Å². The van der Waals surface area contributed by atoms with E-state index in [2.05, 4.69) is 33.9 Å². The van der Waals surface area contributed by atoms with Gasteiger partial charge >= 0.3 is 0 Å². The summed E-state index contributed by atoms with van der Waals surface area (Å²) in [4.78, 5) is 0. The maximum atomic E-state index is 5.81. The third-order valence-corrected chi connectivity index (χ3v) is 2.71. The van der Waals surface area contributed by atoms with Crippen LogP contribution in [0.3, 0.4) is 0 Å². The van der Waals surface area contributed by atoms with Crippen LogP contribution in [0.25, 0.3) is 0 Å². The average molecular weight is 218 g/mol. The van der Waals surface area contributed by atoms with Gasteiger partial charge in [-0.25, -0.2) is 0 Å². The van der Waals surface area contributed by atoms with E-state index in [-0.39, 0.29) is 5.41 Å². The minimum Gasteiger partial charge on any atom is -0.493 e. The van der Waals surface area contributed by atoms with Crippen LogP contribution in [0.1, 0.15) is 33.6 Å². The predicted octanol–water partition coefficient (Wildman–Crippen LogP) is 4.40. The second-order valence-corrected chi connectivity index (χ2v) is 5.08. The molecule has 1 heterocycles. The molecule has 0 fully saturated rings. The molecule has 0 aromatic rings. The molecule has 16 heavy (non-hydrogen) atoms. The quantitative estimate of drug-likeness (QED) is 0.638. The molecular formula is C15H22O. The van der Waals surface area contributed by atoms with Gasteiger partial charge < -0.3 is 4.74 Å². The van der Waals surface area contributed by atoms with Gasteiger partial charge in [0, 0.05) is 0 Å². The Bertz CT molecular complexity index is 337. The van der Waals surface area contributed by atoms with Gasteiger partial charge in [0.05, 0.1) is 6.61 Å². The van der Waals surface area contributed by atoms with Crippen LogP contribution in [-0.2, 0) is 4.74 Å². The lowest BCUT2D eigenvalue weighted by Gasteiger charge is -2.29. The molecule has 0 N–H and O–H groups in total. The van der Waals surface area contributed by atoms with E-state index in [1.165, 1.54) is 11.1 Å². The Kier molecular flexibility index (Phi) is 4.17. The molecule has 0 amide bonds. The van der Waals surface area contributed by atoms with Crippen molar-refractivity contribution in [3.63, 3.8) is 0 Å². The molecule has 0 aliphatic carbocycles. The van der Waals surface area contributed by atoms with E-state index in [4.69, 9.17) is 4.74 Å². The van der Waals surface area contributed by atoms with Crippen LogP contribution in [0.5, 0.6) is 0 Å². The zero-order valence-electron chi connectivity index (χ0n) is 10.7. The summed E-state index contributed by atoms with van der Waals surface area (Å²) in [5.41, 5.74) is 2.49. The molecular weight excluding hydrogens is 196 g/mol. The summed E-state index contributed by atoms with van der Waals surface area (Å²) in [6.45, 7) is 15.0. The maximum Gasteiger partial charge on any atom is 0.126 e. The Morgan fingerprint density at radius 3 is 2.50 bits per heavy atom. The Hall–Kier alpha value is -1.24. The van der Waals surface area contributed by atoms with Gasteiger partial charge in [-0.2, -0.15) is 0 Å². The van der Waals surface area contributed by atoms with E-state index in [1.807, 2.05) is 18.2 Å². The summed E-state index contributed by atoms with van der Waals surface area (Å²) in [5.74, 6) is 1.01. The molecule has 1 heteroatoms. The molecule has 88 valence electrons. The monoisotopic (exact) mass is 218 g/mol. The summed E-state index contributed by atoms with van der Waals surface area (Å²) in [5, 5.41) is 0. The van der Waals surface area contributed by atoms with Crippen LogP contribution >= 0.6 is 0 Å². The largest absolute Gasteiger partial charge is 0.493 e. The van der Waals surface area contributed by atoms with Gasteiger partial charge in [-0.1, -0.05) is 52.2 Å². The first kappa shape index (κ1) is 12.8. The summed E-state index contributed by atoms with van der Waals surface area (Å²) >= 11 is 0. The van der Waals surface area contributed by atoms with Crippen LogP contribution in [0.15, 0.2) is 48.3 Å². The topological polar surface area (TPSA) is 9.23 Å². The fourth-order valence-electron chi connectivity index (χ4n) is 1.87. The fourth-order valence-corrected chi connectivity index (χ4v) is 1.87. The van der Waals surface area contributed by atoms with Gasteiger partial charge in [0.15, 0.2) is 0 Å². The molecule has 1 aliphatic heterocycles. The third-order valence-electron chi connectivity index (χ3n) is 2.71. The third kappa shape index (κ3) is 2.88. The molecule has 0 unspecified atom stereocenters. The summed E-state index contributed by atoms with van der Waals surface area (Å²) in [6, 6.07) is 0. The number of hydrogen-bond acceptors (Lipinski definition) is 1. The number of ether oxygens (including phenoxy) is 1. The molecule has 0 saturated carbocycles. The number of hydrogen-bond donors (Lipinski definition) is 0. The second-order valence-electron chi connectivity index (χ2n) is 5.08. The molecule has 0 aromatic heterocycles. The summed E-state index contributed by atoms with van der Waals surface area (Å²) in [7, 11) is 0. The van der Waals surface area contributed by atoms with E-state index in [0.717, 1.165) is 25.2 Å². The number of allylic oxidation sites excluding steroid dienone is 5. The van der Waals surface area contributed by atoms with Gasteiger partial charge in [-0.15, -0.1) is 0 Å². The highest BCUT2D eigenvalue weighted by Gasteiger charge is 2.25. The van der Waals surface area contributed by atoms with Gasteiger partial charge in [0.1, 0.15) is 5.76 Å². The highest BCUT2D eigenvalue weighted by Crippen LogP contribution is 2.36. The second kappa shape index (κ2) is 5.20. The SMILES string of the molecule is C=C/C=C(\C1=C(C=C)CCCO1)C(C)(C)C. The molecule has 0 aromatic carbocycles. The first-order chi connectivity index (χ1) is 7.50. The van der Waals surface area contributed by atoms with Crippen molar-refractivity contribution in [2.45, 2.75) is 33.6 Å². The van der Waals surface area contributed by atoms with Crippen LogP contribution in [0.2, 0.25) is 0 Å². The first-order valence-corrected chi connectivity index (χ1v) is 5.82. The lowest BCUT2D eigenvalue weighted by Crippen LogP contribution is -2.17. The average Bonchev–Trinajstić information content (AvgIpc) is 2.24. The van der Waals surface area contributed by atoms with Gasteiger partial charge in [-0.3, -0.25) is 0 Å². The van der Waals surface area contributed by atoms with Gasteiger partial charge in [0.2, 0.25) is 0 Å². The first-order valence-electron chi connectivity index (χ1n) is 5.82. The van der Waals surface area contributed by atoms with Crippen LogP contribution < -0.4 is 0 Å². The van der Waals surface area contributed by atoms with Crippen molar-refractivity contribution in [1.29, 1.82) is 0 Å². The highest BCUT2D eigenvalue weighted by molar-refractivity contribution is 5.41. The lowest BCUT2D eigenvalue weighted by molar-refractivity contribution is 0.187. The van der Waals surface area contributed by atoms with Crippen LogP contribution in [0, 0.1) is 5.41 Å². The molecule has 0 saturated heterocycles. The molecule has 1 rings (SSSR count). The molecule has 0 atom stereocenters. The minimum atomic E-state index is 0.0646. The normalized spacial score (nSPS) is 18.1. The van der Waals surface area contributed by atoms with Crippen molar-refractivity contribution in [1.82, 2.24) is 0 Å². The van der Waals surface area contributed by atoms with Gasteiger partial charge in [-0.05, 0) is 29.4 Å². The predicted molar refractivity (Wildman–Crippen MR) is 70.1 cm³/mol. The van der Waals surface area contributed by atoms with Crippen molar-refractivity contribution in [3.8, 4) is 0 Å². The standard InChI is InChI=1S/C15H22O/c1-6-9-13(15(3,4)5)14-12(7-2)10-8-11-16-14/h6-7,9H,1-2,8,10-11H2,3-5H3/b13-9+. The molecule has 0 bridgehead atoms. The van der Waals surface area contributed by atoms with Crippen LogP contribution in [0.4, 0.5) is 0 Å². The molecule has 1 nitrogen and oxygen atoms in total. The minimum absolute atomic E-state index is 0.0646. The zero-order chi connectivity index (χ0) is 12.2. The van der Waals surface area contributed by atoms with Crippen molar-refractivity contribution < 1.29 is 4.74 Å². The fraction of sp³-hybridized carbons (Fsp3) is 0.467. The van der Waals surface area contributed by atoms with Crippen molar-refractivity contribution in [3.05, 3.63) is 48.3 Å². The summed E-state index contributed by atoms with van der Waals surface area (Å²) < 4.78 is 5.81. The number of rotatable bonds is 3. The van der Waals surface area contributed by atoms with Gasteiger partial charge in [0.25, 0.3) is 0 Å². The Labute approximate surface area is 99.2 Å². The smallest absolute Gasteiger partial charge is 0.126 e. The van der Waals surface area contributed by atoms with Crippen molar-refractivity contribution in [2.75, 3.05) is 6.61 Å². The lowest BCUT2D eigenvalue weighted by atomic mass is 9.82. The Morgan fingerprint density at radius 2 is 2.00 bits per heavy atom. The molecule has 0 radical (unpaired) electrons. The van der Waals surface area contributed by atoms with E-state index in [1.54, 1.807) is 0 Å². The summed E-state index contributed by atoms with van der Waals surface area (Å²) in [6.07, 6.45) is 7.92. The van der Waals surface area contributed by atoms with E-state index in [9.17, 15) is 0 Å². The van der Waals surface area contributed by atoms with Crippen molar-refractivity contribution >= 4 is 0 Å². The molecule has 0 spiro atoms. The maximum absolute atomic E-state index is 5.81. The Balaban J connectivity index is 3.21. The van der Waals surface area contributed by atoms with E-state index >= 15 is 0 Å². The van der Waals surface area contributed by atoms with E-state index < -0.39 is 0 Å². The Morgan fingerprint density at radius 1 is 1.31 bits per heavy atom. The highest BCUT2D eigenvalue weighted by atomic mass is 16.5. The molecule has 1 aliphatic rings. The van der Waals surface area contributed by atoms with E-state index in [0.29, 0.717) is 0 Å². The van der Waals surface area contributed by atoms with Crippen molar-refractivity contribution in [2.24, 2.45) is 5.41 Å².